The summed E-state index contributed by atoms with van der Waals surface area (Å²) in [6, 6.07) is 8.23. The third-order valence-corrected chi connectivity index (χ3v) is 5.27. The number of carboxylic acids is 1. The van der Waals surface area contributed by atoms with Crippen molar-refractivity contribution in [2.45, 2.75) is 32.3 Å². The van der Waals surface area contributed by atoms with Gasteiger partial charge in [0.05, 0.1) is 19.1 Å². The van der Waals surface area contributed by atoms with Gasteiger partial charge < -0.3 is 14.7 Å². The average Bonchev–Trinajstić information content (AvgIpc) is 3.11. The highest BCUT2D eigenvalue weighted by molar-refractivity contribution is 7.13. The van der Waals surface area contributed by atoms with Crippen LogP contribution in [0.1, 0.15) is 42.2 Å². The van der Waals surface area contributed by atoms with Gasteiger partial charge in [0, 0.05) is 24.0 Å². The first-order valence-corrected chi connectivity index (χ1v) is 9.50. The van der Waals surface area contributed by atoms with Crippen LogP contribution in [0.2, 0.25) is 0 Å². The molecule has 1 unspecified atom stereocenters. The van der Waals surface area contributed by atoms with Gasteiger partial charge in [-0.05, 0) is 11.5 Å². The molecule has 1 aromatic heterocycles. The van der Waals surface area contributed by atoms with Crippen LogP contribution in [0, 0.1) is 0 Å². The zero-order valence-electron chi connectivity index (χ0n) is 14.8. The van der Waals surface area contributed by atoms with Crippen LogP contribution in [0.5, 0.6) is 0 Å². The van der Waals surface area contributed by atoms with Crippen molar-refractivity contribution in [3.63, 3.8) is 0 Å². The lowest BCUT2D eigenvalue weighted by molar-refractivity contribution is -0.141. The van der Waals surface area contributed by atoms with E-state index >= 15 is 0 Å². The summed E-state index contributed by atoms with van der Waals surface area (Å²) >= 11 is 1.44. The van der Waals surface area contributed by atoms with Crippen molar-refractivity contribution in [1.82, 2.24) is 9.88 Å². The molecule has 2 heterocycles. The van der Waals surface area contributed by atoms with E-state index in [1.165, 1.54) is 16.9 Å². The molecule has 0 aliphatic carbocycles. The van der Waals surface area contributed by atoms with Gasteiger partial charge in [0.25, 0.3) is 5.91 Å². The summed E-state index contributed by atoms with van der Waals surface area (Å²) in [5.41, 5.74) is 2.65. The van der Waals surface area contributed by atoms with Gasteiger partial charge in [0.1, 0.15) is 10.7 Å². The maximum Gasteiger partial charge on any atom is 0.306 e. The van der Waals surface area contributed by atoms with Crippen molar-refractivity contribution >= 4 is 23.2 Å². The number of aliphatic carboxylic acids is 1. The summed E-state index contributed by atoms with van der Waals surface area (Å²) in [5.74, 6) is -0.632. The molecule has 1 fully saturated rings. The Morgan fingerprint density at radius 1 is 1.35 bits per heavy atom. The number of aromatic nitrogens is 1. The van der Waals surface area contributed by atoms with E-state index in [0.717, 1.165) is 10.6 Å². The minimum Gasteiger partial charge on any atom is -0.481 e. The molecule has 7 heteroatoms. The van der Waals surface area contributed by atoms with E-state index in [2.05, 4.69) is 31.0 Å². The molecule has 0 spiro atoms. The van der Waals surface area contributed by atoms with E-state index in [4.69, 9.17) is 9.84 Å². The van der Waals surface area contributed by atoms with E-state index in [1.54, 1.807) is 10.3 Å². The predicted molar refractivity (Wildman–Crippen MR) is 99.5 cm³/mol. The van der Waals surface area contributed by atoms with Gasteiger partial charge >= 0.3 is 5.97 Å². The number of hydrogen-bond donors (Lipinski definition) is 1. The van der Waals surface area contributed by atoms with E-state index in [9.17, 15) is 9.59 Å². The molecule has 6 nitrogen and oxygen atoms in total. The first-order valence-electron chi connectivity index (χ1n) is 8.62. The van der Waals surface area contributed by atoms with Gasteiger partial charge in [0.2, 0.25) is 0 Å². The van der Waals surface area contributed by atoms with Crippen LogP contribution < -0.4 is 0 Å². The zero-order valence-corrected chi connectivity index (χ0v) is 15.7. The zero-order chi connectivity index (χ0) is 18.7. The van der Waals surface area contributed by atoms with Crippen LogP contribution in [0.4, 0.5) is 0 Å². The molecule has 1 amide bonds. The molecule has 1 N–H and O–H groups in total. The van der Waals surface area contributed by atoms with Gasteiger partial charge in [-0.2, -0.15) is 0 Å². The van der Waals surface area contributed by atoms with Gasteiger partial charge in [-0.25, -0.2) is 4.98 Å². The van der Waals surface area contributed by atoms with Crippen molar-refractivity contribution in [2.75, 3.05) is 19.7 Å². The molecule has 1 atom stereocenters. The third kappa shape index (κ3) is 4.28. The third-order valence-electron chi connectivity index (χ3n) is 4.38. The molecule has 138 valence electrons. The topological polar surface area (TPSA) is 79.7 Å². The number of rotatable bonds is 5. The number of carboxylic acid groups (broad SMARTS) is 1. The SMILES string of the molecule is CC(C)c1ccc(-c2nc(C(=O)N3CCOC(CC(=O)O)C3)cs2)cc1. The molecule has 26 heavy (non-hydrogen) atoms. The van der Waals surface area contributed by atoms with Crippen LogP contribution in [0.15, 0.2) is 29.6 Å². The summed E-state index contributed by atoms with van der Waals surface area (Å²) in [6.45, 7) is 5.37. The number of benzene rings is 1. The largest absolute Gasteiger partial charge is 0.481 e. The maximum atomic E-state index is 12.7. The molecule has 1 aliphatic heterocycles. The predicted octanol–water partition coefficient (Wildman–Crippen LogP) is 3.25. The van der Waals surface area contributed by atoms with Crippen LogP contribution in [-0.2, 0) is 9.53 Å². The second-order valence-electron chi connectivity index (χ2n) is 6.66. The minimum atomic E-state index is -0.926. The fourth-order valence-corrected chi connectivity index (χ4v) is 3.70. The van der Waals surface area contributed by atoms with Crippen LogP contribution in [0.3, 0.4) is 0 Å². The molecule has 1 saturated heterocycles. The number of morpholine rings is 1. The monoisotopic (exact) mass is 374 g/mol. The number of ether oxygens (including phenoxy) is 1. The smallest absolute Gasteiger partial charge is 0.306 e. The fourth-order valence-electron chi connectivity index (χ4n) is 2.90. The van der Waals surface area contributed by atoms with E-state index in [-0.39, 0.29) is 18.9 Å². The Labute approximate surface area is 156 Å². The normalized spacial score (nSPS) is 17.5. The van der Waals surface area contributed by atoms with Gasteiger partial charge in [-0.1, -0.05) is 38.1 Å². The van der Waals surface area contributed by atoms with Gasteiger partial charge in [-0.3, -0.25) is 9.59 Å². The highest BCUT2D eigenvalue weighted by Gasteiger charge is 2.27. The highest BCUT2D eigenvalue weighted by Crippen LogP contribution is 2.26. The molecule has 2 aromatic rings. The van der Waals surface area contributed by atoms with E-state index < -0.39 is 12.1 Å². The number of carbonyl (C=O) groups is 2. The number of amides is 1. The lowest BCUT2D eigenvalue weighted by Gasteiger charge is -2.31. The Morgan fingerprint density at radius 3 is 2.73 bits per heavy atom. The second-order valence-corrected chi connectivity index (χ2v) is 7.51. The molecular weight excluding hydrogens is 352 g/mol. The van der Waals surface area contributed by atoms with Gasteiger partial charge in [-0.15, -0.1) is 11.3 Å². The van der Waals surface area contributed by atoms with Crippen molar-refractivity contribution in [3.05, 3.63) is 40.9 Å². The molecular formula is C19H22N2O4S. The van der Waals surface area contributed by atoms with Crippen LogP contribution in [-0.4, -0.2) is 52.7 Å². The Morgan fingerprint density at radius 2 is 2.08 bits per heavy atom. The first-order chi connectivity index (χ1) is 12.4. The van der Waals surface area contributed by atoms with Crippen molar-refractivity contribution < 1.29 is 19.4 Å². The Balaban J connectivity index is 1.70. The molecule has 1 aliphatic rings. The average molecular weight is 374 g/mol. The highest BCUT2D eigenvalue weighted by atomic mass is 32.1. The Kier molecular flexibility index (Phi) is 5.68. The first kappa shape index (κ1) is 18.5. The number of nitrogens with zero attached hydrogens (tertiary/aromatic N) is 2. The summed E-state index contributed by atoms with van der Waals surface area (Å²) in [6.07, 6.45) is -0.569. The standard InChI is InChI=1S/C19H22N2O4S/c1-12(2)13-3-5-14(6-4-13)18-20-16(11-26-18)19(24)21-7-8-25-15(10-21)9-17(22)23/h3-6,11-12,15H,7-10H2,1-2H3,(H,22,23). The van der Waals surface area contributed by atoms with Crippen molar-refractivity contribution in [1.29, 1.82) is 0 Å². The van der Waals surface area contributed by atoms with Crippen molar-refractivity contribution in [3.8, 4) is 10.6 Å². The second kappa shape index (κ2) is 7.97. The molecule has 3 rings (SSSR count). The fraction of sp³-hybridized carbons (Fsp3) is 0.421. The molecule has 0 radical (unpaired) electrons. The minimum absolute atomic E-state index is 0.103. The summed E-state index contributed by atoms with van der Waals surface area (Å²) in [7, 11) is 0. The van der Waals surface area contributed by atoms with Crippen LogP contribution in [0.25, 0.3) is 10.6 Å². The number of carbonyl (C=O) groups excluding carboxylic acids is 1. The Hall–Kier alpha value is -2.25. The van der Waals surface area contributed by atoms with E-state index in [0.29, 0.717) is 24.8 Å². The lowest BCUT2D eigenvalue weighted by atomic mass is 10.0. The maximum absolute atomic E-state index is 12.7. The lowest BCUT2D eigenvalue weighted by Crippen LogP contribution is -2.46. The molecule has 1 aromatic carbocycles. The summed E-state index contributed by atoms with van der Waals surface area (Å²) < 4.78 is 5.42. The Bertz CT molecular complexity index is 785. The summed E-state index contributed by atoms with van der Waals surface area (Å²) in [4.78, 5) is 29.6. The van der Waals surface area contributed by atoms with E-state index in [1.807, 2.05) is 12.1 Å². The number of hydrogen-bond acceptors (Lipinski definition) is 5. The summed E-state index contributed by atoms with van der Waals surface area (Å²) in [5, 5.41) is 11.5. The van der Waals surface area contributed by atoms with Gasteiger partial charge in [0.15, 0.2) is 0 Å². The van der Waals surface area contributed by atoms with Crippen LogP contribution >= 0.6 is 11.3 Å². The molecule has 0 saturated carbocycles. The molecule has 0 bridgehead atoms. The quantitative estimate of drug-likeness (QED) is 0.869. The number of thiazole rings is 1. The van der Waals surface area contributed by atoms with Crippen molar-refractivity contribution in [2.24, 2.45) is 0 Å².